The van der Waals surface area contributed by atoms with Gasteiger partial charge in [0, 0.05) is 18.7 Å². The van der Waals surface area contributed by atoms with Crippen molar-refractivity contribution in [2.45, 2.75) is 27.4 Å². The van der Waals surface area contributed by atoms with Crippen LogP contribution in [0.25, 0.3) is 6.08 Å². The Balaban J connectivity index is 2.13. The first kappa shape index (κ1) is 19.4. The summed E-state index contributed by atoms with van der Waals surface area (Å²) in [6.45, 7) is 2.83. The van der Waals surface area contributed by atoms with Crippen LogP contribution in [0.2, 0.25) is 0 Å². The van der Waals surface area contributed by atoms with Crippen LogP contribution >= 0.6 is 0 Å². The minimum Gasteiger partial charge on any atom is -0.490 e. The van der Waals surface area contributed by atoms with Gasteiger partial charge in [0.25, 0.3) is 0 Å². The molecule has 6 nitrogen and oxygen atoms in total. The third-order valence-corrected chi connectivity index (χ3v) is 3.67. The first-order chi connectivity index (χ1) is 12.3. The maximum atomic E-state index is 12.4. The lowest BCUT2D eigenvalue weighted by Crippen LogP contribution is -2.12. The third-order valence-electron chi connectivity index (χ3n) is 3.67. The molecule has 0 aliphatic carbocycles. The number of carbonyl (C=O) groups is 1. The number of alkyl halides is 2. The molecule has 0 fully saturated rings. The molecule has 26 heavy (non-hydrogen) atoms. The van der Waals surface area contributed by atoms with Crippen molar-refractivity contribution in [2.75, 3.05) is 11.9 Å². The van der Waals surface area contributed by atoms with Gasteiger partial charge in [0.1, 0.15) is 5.82 Å². The number of halogens is 2. The second-order valence-corrected chi connectivity index (χ2v) is 5.52. The van der Waals surface area contributed by atoms with E-state index in [1.807, 2.05) is 13.8 Å². The Labute approximate surface area is 150 Å². The normalized spacial score (nSPS) is 11.2. The molecule has 8 heteroatoms. The van der Waals surface area contributed by atoms with Crippen LogP contribution in [0.3, 0.4) is 0 Å². The van der Waals surface area contributed by atoms with Crippen molar-refractivity contribution in [3.63, 3.8) is 0 Å². The molecule has 0 bridgehead atoms. The molecule has 1 aromatic heterocycles. The summed E-state index contributed by atoms with van der Waals surface area (Å²) in [6.07, 6.45) is 2.91. The molecule has 1 N–H and O–H groups in total. The summed E-state index contributed by atoms with van der Waals surface area (Å²) >= 11 is 0. The molecule has 140 valence electrons. The van der Waals surface area contributed by atoms with Crippen LogP contribution in [0, 0.1) is 13.8 Å². The summed E-state index contributed by atoms with van der Waals surface area (Å²) < 4.78 is 36.2. The molecule has 0 spiro atoms. The number of aromatic nitrogens is 2. The van der Waals surface area contributed by atoms with Crippen molar-refractivity contribution in [1.29, 1.82) is 0 Å². The van der Waals surface area contributed by atoms with Crippen molar-refractivity contribution in [2.24, 2.45) is 7.05 Å². The van der Waals surface area contributed by atoms with E-state index >= 15 is 0 Å². The molecular weight excluding hydrogens is 344 g/mol. The summed E-state index contributed by atoms with van der Waals surface area (Å²) in [5.74, 6) is 0.424. The SMILES string of the molecule is CCOc1cc(/C=C/C(=O)Nc2c(C)c(C)nn2C)ccc1OC(F)F. The minimum absolute atomic E-state index is 0.0514. The second-order valence-electron chi connectivity index (χ2n) is 5.52. The molecule has 1 heterocycles. The maximum Gasteiger partial charge on any atom is 0.387 e. The van der Waals surface area contributed by atoms with Gasteiger partial charge in [-0.1, -0.05) is 6.07 Å². The van der Waals surface area contributed by atoms with Crippen LogP contribution in [0.15, 0.2) is 24.3 Å². The molecule has 1 aromatic carbocycles. The fourth-order valence-corrected chi connectivity index (χ4v) is 2.36. The maximum absolute atomic E-state index is 12.4. The second kappa shape index (κ2) is 8.46. The topological polar surface area (TPSA) is 65.4 Å². The standard InChI is InChI=1S/C18H21F2N3O3/c1-5-25-15-10-13(6-8-14(15)26-18(19)20)7-9-16(24)21-17-11(2)12(3)22-23(17)4/h6-10,18H,5H2,1-4H3,(H,21,24)/b9-7+. The number of hydrogen-bond donors (Lipinski definition) is 1. The lowest BCUT2D eigenvalue weighted by atomic mass is 10.2. The largest absolute Gasteiger partial charge is 0.490 e. The smallest absolute Gasteiger partial charge is 0.387 e. The van der Waals surface area contributed by atoms with Crippen LogP contribution in [-0.2, 0) is 11.8 Å². The molecule has 0 aliphatic rings. The van der Waals surface area contributed by atoms with Gasteiger partial charge < -0.3 is 14.8 Å². The summed E-state index contributed by atoms with van der Waals surface area (Å²) in [7, 11) is 1.75. The third kappa shape index (κ3) is 4.81. The van der Waals surface area contributed by atoms with Gasteiger partial charge in [-0.2, -0.15) is 13.9 Å². The molecule has 1 amide bonds. The highest BCUT2D eigenvalue weighted by Crippen LogP contribution is 2.30. The van der Waals surface area contributed by atoms with E-state index in [0.29, 0.717) is 18.0 Å². The fourth-order valence-electron chi connectivity index (χ4n) is 2.36. The van der Waals surface area contributed by atoms with Crippen molar-refractivity contribution >= 4 is 17.8 Å². The summed E-state index contributed by atoms with van der Waals surface area (Å²) in [6, 6.07) is 4.47. The first-order valence-electron chi connectivity index (χ1n) is 8.02. The number of ether oxygens (including phenoxy) is 2. The number of nitrogens with one attached hydrogen (secondary N) is 1. The Morgan fingerprint density at radius 2 is 2.08 bits per heavy atom. The van der Waals surface area contributed by atoms with Gasteiger partial charge in [-0.15, -0.1) is 0 Å². The van der Waals surface area contributed by atoms with E-state index in [9.17, 15) is 13.6 Å². The van der Waals surface area contributed by atoms with E-state index in [4.69, 9.17) is 4.74 Å². The summed E-state index contributed by atoms with van der Waals surface area (Å²) in [4.78, 5) is 12.1. The zero-order valence-corrected chi connectivity index (χ0v) is 15.0. The van der Waals surface area contributed by atoms with Gasteiger partial charge in [-0.3, -0.25) is 9.48 Å². The van der Waals surface area contributed by atoms with Gasteiger partial charge in [0.05, 0.1) is 12.3 Å². The molecule has 0 unspecified atom stereocenters. The van der Waals surface area contributed by atoms with Gasteiger partial charge in [0.2, 0.25) is 5.91 Å². The van der Waals surface area contributed by atoms with Crippen molar-refractivity contribution in [3.05, 3.63) is 41.1 Å². The van der Waals surface area contributed by atoms with Crippen LogP contribution < -0.4 is 14.8 Å². The highest BCUT2D eigenvalue weighted by molar-refractivity contribution is 6.01. The Hall–Kier alpha value is -2.90. The number of anilines is 1. The monoisotopic (exact) mass is 365 g/mol. The number of benzene rings is 1. The van der Waals surface area contributed by atoms with Gasteiger partial charge >= 0.3 is 6.61 Å². The predicted molar refractivity (Wildman–Crippen MR) is 94.6 cm³/mol. The Kier molecular flexibility index (Phi) is 6.32. The van der Waals surface area contributed by atoms with Crippen LogP contribution in [0.5, 0.6) is 11.5 Å². The summed E-state index contributed by atoms with van der Waals surface area (Å²) in [5.41, 5.74) is 2.34. The fraction of sp³-hybridized carbons (Fsp3) is 0.333. The van der Waals surface area contributed by atoms with Crippen LogP contribution in [0.4, 0.5) is 14.6 Å². The number of aryl methyl sites for hydroxylation is 2. The van der Waals surface area contributed by atoms with Gasteiger partial charge in [-0.05, 0) is 44.5 Å². The average Bonchev–Trinajstić information content (AvgIpc) is 2.81. The van der Waals surface area contributed by atoms with Crippen molar-refractivity contribution in [3.8, 4) is 11.5 Å². The predicted octanol–water partition coefficient (Wildman–Crippen LogP) is 3.69. The number of nitrogens with zero attached hydrogens (tertiary/aromatic N) is 2. The Morgan fingerprint density at radius 3 is 2.65 bits per heavy atom. The highest BCUT2D eigenvalue weighted by atomic mass is 19.3. The zero-order valence-electron chi connectivity index (χ0n) is 15.0. The highest BCUT2D eigenvalue weighted by Gasteiger charge is 2.12. The summed E-state index contributed by atoms with van der Waals surface area (Å²) in [5, 5.41) is 7.00. The Morgan fingerprint density at radius 1 is 1.35 bits per heavy atom. The van der Waals surface area contributed by atoms with E-state index in [0.717, 1.165) is 11.3 Å². The molecule has 0 saturated heterocycles. The van der Waals surface area contributed by atoms with E-state index < -0.39 is 6.61 Å². The van der Waals surface area contributed by atoms with E-state index in [2.05, 4.69) is 15.2 Å². The van der Waals surface area contributed by atoms with Crippen LogP contribution in [-0.4, -0.2) is 28.9 Å². The van der Waals surface area contributed by atoms with E-state index in [1.165, 1.54) is 18.2 Å². The van der Waals surface area contributed by atoms with Gasteiger partial charge in [0.15, 0.2) is 11.5 Å². The van der Waals surface area contributed by atoms with Crippen molar-refractivity contribution in [1.82, 2.24) is 9.78 Å². The average molecular weight is 365 g/mol. The number of amides is 1. The molecule has 2 aromatic rings. The molecule has 0 saturated carbocycles. The first-order valence-corrected chi connectivity index (χ1v) is 8.02. The van der Waals surface area contributed by atoms with E-state index in [-0.39, 0.29) is 17.4 Å². The zero-order chi connectivity index (χ0) is 19.3. The molecule has 0 aliphatic heterocycles. The van der Waals surface area contributed by atoms with Crippen LogP contribution in [0.1, 0.15) is 23.7 Å². The molecule has 0 radical (unpaired) electrons. The van der Waals surface area contributed by atoms with E-state index in [1.54, 1.807) is 30.8 Å². The molecule has 2 rings (SSSR count). The lowest BCUT2D eigenvalue weighted by molar-refractivity contribution is -0.111. The van der Waals surface area contributed by atoms with Crippen molar-refractivity contribution < 1.29 is 23.0 Å². The number of hydrogen-bond acceptors (Lipinski definition) is 4. The number of carbonyl (C=O) groups excluding carboxylic acids is 1. The van der Waals surface area contributed by atoms with Gasteiger partial charge in [-0.25, -0.2) is 0 Å². The number of rotatable bonds is 7. The Bertz CT molecular complexity index is 816. The molecular formula is C18H21F2N3O3. The lowest BCUT2D eigenvalue weighted by Gasteiger charge is -2.11. The quantitative estimate of drug-likeness (QED) is 0.760. The molecule has 0 atom stereocenters. The minimum atomic E-state index is -2.94.